The van der Waals surface area contributed by atoms with Crippen LogP contribution in [0, 0.1) is 12.3 Å². The zero-order valence-electron chi connectivity index (χ0n) is 8.85. The lowest BCUT2D eigenvalue weighted by molar-refractivity contribution is -0.129. The Kier molecular flexibility index (Phi) is 7.13. The predicted molar refractivity (Wildman–Crippen MR) is 73.9 cm³/mol. The maximum absolute atomic E-state index is 10.8. The molecular weight excluding hydrogens is 300 g/mol. The Labute approximate surface area is 120 Å². The van der Waals surface area contributed by atoms with Gasteiger partial charge in [-0.15, -0.1) is 18.8 Å². The van der Waals surface area contributed by atoms with E-state index in [1.807, 2.05) is 0 Å². The predicted octanol–water partition coefficient (Wildman–Crippen LogP) is 2.34. The molecule has 0 radical (unpaired) electrons. The van der Waals surface area contributed by atoms with E-state index in [1.165, 1.54) is 12.1 Å². The molecule has 0 aliphatic heterocycles. The van der Waals surface area contributed by atoms with Crippen LogP contribution in [0.15, 0.2) is 17.1 Å². The second-order valence-electron chi connectivity index (χ2n) is 2.77. The van der Waals surface area contributed by atoms with E-state index in [2.05, 4.69) is 21.2 Å². The van der Waals surface area contributed by atoms with Crippen LogP contribution in [0.25, 0.3) is 0 Å². The van der Waals surface area contributed by atoms with Crippen LogP contribution < -0.4 is 5.32 Å². The molecule has 0 spiro atoms. The number of nitrogens with zero attached hydrogens (tertiary/aromatic N) is 2. The molecule has 1 rings (SSSR count). The van der Waals surface area contributed by atoms with E-state index >= 15 is 0 Å². The van der Waals surface area contributed by atoms with Crippen molar-refractivity contribution in [1.29, 1.82) is 0 Å². The molecule has 5 nitrogen and oxygen atoms in total. The largest absolute Gasteiger partial charge is 0.475 e. The summed E-state index contributed by atoms with van der Waals surface area (Å²) in [6.45, 7) is -0.0483. The van der Waals surface area contributed by atoms with Crippen LogP contribution in [0.1, 0.15) is 0 Å². The van der Waals surface area contributed by atoms with Gasteiger partial charge in [-0.1, -0.05) is 29.1 Å². The molecular formula is C10H8Cl3N3O2. The van der Waals surface area contributed by atoms with Gasteiger partial charge in [-0.2, -0.15) is 0 Å². The van der Waals surface area contributed by atoms with E-state index in [-0.39, 0.29) is 40.8 Å². The van der Waals surface area contributed by atoms with Gasteiger partial charge in [0.1, 0.15) is 11.7 Å². The molecule has 8 heteroatoms. The number of carbonyl (C=O) groups is 1. The summed E-state index contributed by atoms with van der Waals surface area (Å²) in [5.41, 5.74) is 0.286. The number of aliphatic imine (C=N–C) groups is 1. The molecule has 96 valence electrons. The van der Waals surface area contributed by atoms with Gasteiger partial charge < -0.3 is 10.4 Å². The average Bonchev–Trinajstić information content (AvgIpc) is 2.26. The van der Waals surface area contributed by atoms with Crippen LogP contribution in [0.3, 0.4) is 0 Å². The Morgan fingerprint density at radius 1 is 1.56 bits per heavy atom. The number of pyridine rings is 1. The number of anilines is 1. The topological polar surface area (TPSA) is 74.6 Å². The van der Waals surface area contributed by atoms with E-state index < -0.39 is 5.97 Å². The molecule has 1 aromatic rings. The molecule has 0 aliphatic carbocycles. The summed E-state index contributed by atoms with van der Waals surface area (Å²) < 4.78 is 0. The molecule has 0 aliphatic rings. The molecule has 1 aromatic heterocycles. The molecule has 0 aromatic carbocycles. The number of hydrogen-bond acceptors (Lipinski definition) is 3. The van der Waals surface area contributed by atoms with Gasteiger partial charge in [0.25, 0.3) is 0 Å². The molecule has 0 unspecified atom stereocenters. The standard InChI is InChI=1S/C10H7Cl2N3O2.ClH/c1-2-5-13-9(10(16)17)14-6-3-4-7(11)15-8(6)12;/h1,3-4H,5H2,(H,13,14)(H,16,17);1H. The molecule has 0 amide bonds. The third-order valence-corrected chi connectivity index (χ3v) is 2.10. The molecule has 0 atom stereocenters. The fourth-order valence-corrected chi connectivity index (χ4v) is 1.31. The molecule has 0 fully saturated rings. The minimum absolute atomic E-state index is 0. The summed E-state index contributed by atoms with van der Waals surface area (Å²) in [6.07, 6.45) is 4.99. The summed E-state index contributed by atoms with van der Waals surface area (Å²) in [4.78, 5) is 18.2. The van der Waals surface area contributed by atoms with Crippen molar-refractivity contribution in [2.45, 2.75) is 0 Å². The van der Waals surface area contributed by atoms with E-state index in [0.29, 0.717) is 0 Å². The van der Waals surface area contributed by atoms with Crippen molar-refractivity contribution in [2.24, 2.45) is 4.99 Å². The minimum Gasteiger partial charge on any atom is -0.475 e. The Hall–Kier alpha value is -1.48. The molecule has 18 heavy (non-hydrogen) atoms. The summed E-state index contributed by atoms with van der Waals surface area (Å²) in [5, 5.41) is 11.6. The lowest BCUT2D eigenvalue weighted by Crippen LogP contribution is -2.23. The van der Waals surface area contributed by atoms with Gasteiger partial charge >= 0.3 is 5.97 Å². The Balaban J connectivity index is 0.00000289. The number of nitrogens with one attached hydrogen (secondary N) is 1. The fraction of sp³-hybridized carbons (Fsp3) is 0.100. The highest BCUT2D eigenvalue weighted by molar-refractivity contribution is 6.41. The fourth-order valence-electron chi connectivity index (χ4n) is 0.918. The first-order valence-corrected chi connectivity index (χ1v) is 5.10. The van der Waals surface area contributed by atoms with Crippen molar-refractivity contribution in [3.63, 3.8) is 0 Å². The van der Waals surface area contributed by atoms with Crippen molar-refractivity contribution in [1.82, 2.24) is 4.98 Å². The van der Waals surface area contributed by atoms with Crippen molar-refractivity contribution in [3.8, 4) is 12.3 Å². The lowest BCUT2D eigenvalue weighted by Gasteiger charge is -2.07. The molecule has 2 N–H and O–H groups in total. The van der Waals surface area contributed by atoms with Crippen molar-refractivity contribution in [2.75, 3.05) is 11.9 Å². The Morgan fingerprint density at radius 3 is 2.72 bits per heavy atom. The lowest BCUT2D eigenvalue weighted by atomic mass is 10.4. The van der Waals surface area contributed by atoms with E-state index in [4.69, 9.17) is 34.7 Å². The second kappa shape index (κ2) is 7.77. The number of aliphatic carboxylic acids is 1. The zero-order valence-corrected chi connectivity index (χ0v) is 11.2. The van der Waals surface area contributed by atoms with Gasteiger partial charge in [0, 0.05) is 0 Å². The normalized spacial score (nSPS) is 10.2. The minimum atomic E-state index is -1.24. The van der Waals surface area contributed by atoms with Gasteiger partial charge in [-0.25, -0.2) is 14.8 Å². The third kappa shape index (κ3) is 4.80. The summed E-state index contributed by atoms with van der Waals surface area (Å²) in [6, 6.07) is 2.96. The number of hydrogen-bond donors (Lipinski definition) is 2. The van der Waals surface area contributed by atoms with Crippen LogP contribution >= 0.6 is 35.6 Å². The molecule has 0 saturated carbocycles. The molecule has 0 bridgehead atoms. The first kappa shape index (κ1) is 16.5. The van der Waals surface area contributed by atoms with Crippen LogP contribution in [0.4, 0.5) is 5.69 Å². The van der Waals surface area contributed by atoms with Crippen molar-refractivity contribution < 1.29 is 9.90 Å². The summed E-state index contributed by atoms with van der Waals surface area (Å²) >= 11 is 11.4. The van der Waals surface area contributed by atoms with E-state index in [0.717, 1.165) is 0 Å². The first-order valence-electron chi connectivity index (χ1n) is 4.35. The number of amidine groups is 1. The van der Waals surface area contributed by atoms with Gasteiger partial charge in [0.15, 0.2) is 5.15 Å². The highest BCUT2D eigenvalue weighted by atomic mass is 35.5. The van der Waals surface area contributed by atoms with Crippen molar-refractivity contribution in [3.05, 3.63) is 22.4 Å². The number of aromatic nitrogens is 1. The first-order chi connectivity index (χ1) is 8.04. The number of terminal acetylenes is 1. The van der Waals surface area contributed by atoms with Crippen molar-refractivity contribution >= 4 is 53.1 Å². The quantitative estimate of drug-likeness (QED) is 0.380. The van der Waals surface area contributed by atoms with Gasteiger partial charge in [-0.3, -0.25) is 0 Å². The molecule has 1 heterocycles. The Bertz CT molecular complexity index is 512. The average molecular weight is 309 g/mol. The summed E-state index contributed by atoms with van der Waals surface area (Å²) in [7, 11) is 0. The van der Waals surface area contributed by atoms with E-state index in [1.54, 1.807) is 0 Å². The maximum Gasteiger partial charge on any atom is 0.371 e. The number of rotatable bonds is 2. The number of halogens is 3. The van der Waals surface area contributed by atoms with Crippen LogP contribution in [-0.4, -0.2) is 28.4 Å². The Morgan fingerprint density at radius 2 is 2.22 bits per heavy atom. The van der Waals surface area contributed by atoms with Gasteiger partial charge in [0.05, 0.1) is 5.69 Å². The number of carboxylic acids is 1. The second-order valence-corrected chi connectivity index (χ2v) is 3.52. The SMILES string of the molecule is C#CCN=C(Nc1ccc(Cl)nc1Cl)C(=O)O.Cl. The monoisotopic (exact) mass is 307 g/mol. The smallest absolute Gasteiger partial charge is 0.371 e. The van der Waals surface area contributed by atoms with Gasteiger partial charge in [-0.05, 0) is 12.1 Å². The third-order valence-electron chi connectivity index (χ3n) is 1.60. The van der Waals surface area contributed by atoms with Crippen LogP contribution in [0.5, 0.6) is 0 Å². The van der Waals surface area contributed by atoms with Gasteiger partial charge in [0.2, 0.25) is 5.84 Å². The molecule has 0 saturated heterocycles. The van der Waals surface area contributed by atoms with Crippen LogP contribution in [-0.2, 0) is 4.79 Å². The maximum atomic E-state index is 10.8. The highest BCUT2D eigenvalue weighted by Crippen LogP contribution is 2.21. The highest BCUT2D eigenvalue weighted by Gasteiger charge is 2.11. The van der Waals surface area contributed by atoms with E-state index in [9.17, 15) is 4.79 Å². The number of carboxylic acid groups (broad SMARTS) is 1. The summed E-state index contributed by atoms with van der Waals surface area (Å²) in [5.74, 6) is 0.647. The zero-order chi connectivity index (χ0) is 12.8. The van der Waals surface area contributed by atoms with Crippen LogP contribution in [0.2, 0.25) is 10.3 Å².